The van der Waals surface area contributed by atoms with Crippen LogP contribution in [0.5, 0.6) is 0 Å². The Morgan fingerprint density at radius 1 is 1.62 bits per heavy atom. The van der Waals surface area contributed by atoms with E-state index in [0.717, 1.165) is 12.8 Å². The zero-order valence-electron chi connectivity index (χ0n) is 7.75. The summed E-state index contributed by atoms with van der Waals surface area (Å²) in [5.74, 6) is -0.649. The first kappa shape index (κ1) is 11.4. The number of esters is 1. The summed E-state index contributed by atoms with van der Waals surface area (Å²) in [5.41, 5.74) is -0.163. The highest BCUT2D eigenvalue weighted by atomic mass is 16.5. The minimum atomic E-state index is -0.649. The summed E-state index contributed by atoms with van der Waals surface area (Å²) >= 11 is 0. The van der Waals surface area contributed by atoms with Gasteiger partial charge in [0.2, 0.25) is 0 Å². The van der Waals surface area contributed by atoms with Gasteiger partial charge >= 0.3 is 5.97 Å². The normalized spacial score (nSPS) is 9.54. The number of carbonyl (C=O) groups is 1. The van der Waals surface area contributed by atoms with Gasteiger partial charge in [0.15, 0.2) is 0 Å². The number of hydrogen-bond donors (Lipinski definition) is 0. The number of unbranched alkanes of at least 4 members (excludes halogenated alkanes) is 1. The van der Waals surface area contributed by atoms with Crippen molar-refractivity contribution in [2.45, 2.75) is 19.8 Å². The lowest BCUT2D eigenvalue weighted by Crippen LogP contribution is -2.05. The van der Waals surface area contributed by atoms with E-state index in [0.29, 0.717) is 0 Å². The van der Waals surface area contributed by atoms with E-state index in [-0.39, 0.29) is 12.2 Å². The molecule has 0 N–H and O–H groups in total. The maximum atomic E-state index is 10.8. The van der Waals surface area contributed by atoms with E-state index in [1.807, 2.05) is 6.08 Å². The first-order chi connectivity index (χ1) is 6.22. The van der Waals surface area contributed by atoms with Gasteiger partial charge < -0.3 is 4.74 Å². The van der Waals surface area contributed by atoms with Crippen molar-refractivity contribution in [2.75, 3.05) is 6.61 Å². The van der Waals surface area contributed by atoms with Gasteiger partial charge in [0, 0.05) is 0 Å². The van der Waals surface area contributed by atoms with Crippen molar-refractivity contribution in [1.29, 1.82) is 5.26 Å². The second-order valence-corrected chi connectivity index (χ2v) is 2.45. The van der Waals surface area contributed by atoms with E-state index >= 15 is 0 Å². The van der Waals surface area contributed by atoms with Crippen molar-refractivity contribution in [3.63, 3.8) is 0 Å². The van der Waals surface area contributed by atoms with Gasteiger partial charge in [-0.25, -0.2) is 4.79 Å². The molecule has 13 heavy (non-hydrogen) atoms. The highest BCUT2D eigenvalue weighted by Gasteiger charge is 2.04. The second-order valence-electron chi connectivity index (χ2n) is 2.45. The molecule has 70 valence electrons. The fourth-order valence-corrected chi connectivity index (χ4v) is 0.609. The number of ether oxygens (including phenoxy) is 1. The van der Waals surface area contributed by atoms with Crippen LogP contribution in [0.4, 0.5) is 0 Å². The summed E-state index contributed by atoms with van der Waals surface area (Å²) in [6, 6.07) is 1.62. The van der Waals surface area contributed by atoms with Gasteiger partial charge in [-0.2, -0.15) is 5.26 Å². The summed E-state index contributed by atoms with van der Waals surface area (Å²) in [5, 5.41) is 8.28. The van der Waals surface area contributed by atoms with Crippen LogP contribution < -0.4 is 0 Å². The average molecular weight is 179 g/mol. The van der Waals surface area contributed by atoms with E-state index in [2.05, 4.69) is 13.5 Å². The predicted molar refractivity (Wildman–Crippen MR) is 49.8 cm³/mol. The Morgan fingerprint density at radius 3 is 2.85 bits per heavy atom. The van der Waals surface area contributed by atoms with E-state index in [1.165, 1.54) is 0 Å². The lowest BCUT2D eigenvalue weighted by Gasteiger charge is -1.97. The maximum Gasteiger partial charge on any atom is 0.348 e. The second kappa shape index (κ2) is 7.11. The molecule has 0 amide bonds. The van der Waals surface area contributed by atoms with Gasteiger partial charge in [-0.05, 0) is 6.42 Å². The van der Waals surface area contributed by atoms with Crippen LogP contribution in [-0.2, 0) is 9.53 Å². The number of rotatable bonds is 5. The molecule has 0 rings (SSSR count). The van der Waals surface area contributed by atoms with Crippen molar-refractivity contribution in [2.24, 2.45) is 0 Å². The predicted octanol–water partition coefficient (Wildman–Crippen LogP) is 1.97. The Kier molecular flexibility index (Phi) is 6.26. The number of nitriles is 1. The molecule has 0 bridgehead atoms. The Hall–Kier alpha value is -1.56. The number of carbonyl (C=O) groups excluding carboxylic acids is 1. The van der Waals surface area contributed by atoms with Crippen LogP contribution in [0, 0.1) is 11.3 Å². The first-order valence-corrected chi connectivity index (χ1v) is 4.13. The molecule has 0 radical (unpaired) electrons. The summed E-state index contributed by atoms with van der Waals surface area (Å²) in [7, 11) is 0. The highest BCUT2D eigenvalue weighted by Crippen LogP contribution is 1.93. The van der Waals surface area contributed by atoms with E-state index in [4.69, 9.17) is 10.00 Å². The van der Waals surface area contributed by atoms with Crippen LogP contribution in [0.15, 0.2) is 24.3 Å². The smallest absolute Gasteiger partial charge is 0.348 e. The molecule has 3 heteroatoms. The van der Waals surface area contributed by atoms with Gasteiger partial charge in [-0.1, -0.05) is 32.1 Å². The maximum absolute atomic E-state index is 10.8. The SMILES string of the molecule is C=C(C#N)C(=O)OC/C=C/CCC. The molecule has 0 spiro atoms. The summed E-state index contributed by atoms with van der Waals surface area (Å²) in [6.07, 6.45) is 5.72. The number of hydrogen-bond acceptors (Lipinski definition) is 3. The fraction of sp³-hybridized carbons (Fsp3) is 0.400. The third-order valence-corrected chi connectivity index (χ3v) is 1.31. The molecule has 0 heterocycles. The van der Waals surface area contributed by atoms with Crippen LogP contribution in [0.2, 0.25) is 0 Å². The highest BCUT2D eigenvalue weighted by molar-refractivity contribution is 5.91. The molecule has 0 saturated heterocycles. The Labute approximate surface area is 78.3 Å². The quantitative estimate of drug-likeness (QED) is 0.280. The zero-order chi connectivity index (χ0) is 10.1. The summed E-state index contributed by atoms with van der Waals surface area (Å²) < 4.78 is 4.69. The molecule has 0 atom stereocenters. The van der Waals surface area contributed by atoms with Gasteiger partial charge in [-0.15, -0.1) is 0 Å². The number of allylic oxidation sites excluding steroid dienone is 1. The minimum absolute atomic E-state index is 0.163. The van der Waals surface area contributed by atoms with E-state index < -0.39 is 5.97 Å². The molecule has 0 aromatic carbocycles. The van der Waals surface area contributed by atoms with Gasteiger partial charge in [0.1, 0.15) is 18.2 Å². The third kappa shape index (κ3) is 5.68. The zero-order valence-corrected chi connectivity index (χ0v) is 7.75. The summed E-state index contributed by atoms with van der Waals surface area (Å²) in [6.45, 7) is 5.50. The standard InChI is InChI=1S/C10H13NO2/c1-3-4-5-6-7-13-10(12)9(2)8-11/h5-6H,2-4,7H2,1H3/b6-5+. The van der Waals surface area contributed by atoms with Gasteiger partial charge in [-0.3, -0.25) is 0 Å². The molecule has 0 saturated carbocycles. The summed E-state index contributed by atoms with van der Waals surface area (Å²) in [4.78, 5) is 10.8. The molecule has 0 aliphatic heterocycles. The molecule has 0 aromatic rings. The molecular weight excluding hydrogens is 166 g/mol. The van der Waals surface area contributed by atoms with Crippen molar-refractivity contribution in [3.8, 4) is 6.07 Å². The average Bonchev–Trinajstić information content (AvgIpc) is 2.16. The third-order valence-electron chi connectivity index (χ3n) is 1.31. The van der Waals surface area contributed by atoms with Crippen molar-refractivity contribution in [3.05, 3.63) is 24.3 Å². The fourth-order valence-electron chi connectivity index (χ4n) is 0.609. The Balaban J connectivity index is 3.61. The molecule has 0 unspecified atom stereocenters. The molecule has 0 fully saturated rings. The van der Waals surface area contributed by atoms with Crippen LogP contribution >= 0.6 is 0 Å². The molecule has 0 aromatic heterocycles. The van der Waals surface area contributed by atoms with Crippen molar-refractivity contribution >= 4 is 5.97 Å². The lowest BCUT2D eigenvalue weighted by atomic mass is 10.3. The molecule has 0 aliphatic rings. The Bertz CT molecular complexity index is 248. The number of nitrogens with zero attached hydrogens (tertiary/aromatic N) is 1. The van der Waals surface area contributed by atoms with Crippen molar-refractivity contribution in [1.82, 2.24) is 0 Å². The van der Waals surface area contributed by atoms with Gasteiger partial charge in [0.25, 0.3) is 0 Å². The lowest BCUT2D eigenvalue weighted by molar-refractivity contribution is -0.137. The molecular formula is C10H13NO2. The molecule has 3 nitrogen and oxygen atoms in total. The van der Waals surface area contributed by atoms with Gasteiger partial charge in [0.05, 0.1) is 0 Å². The van der Waals surface area contributed by atoms with Crippen LogP contribution in [0.3, 0.4) is 0 Å². The topological polar surface area (TPSA) is 50.1 Å². The van der Waals surface area contributed by atoms with E-state index in [9.17, 15) is 4.79 Å². The van der Waals surface area contributed by atoms with Crippen LogP contribution in [-0.4, -0.2) is 12.6 Å². The monoisotopic (exact) mass is 179 g/mol. The van der Waals surface area contributed by atoms with Crippen LogP contribution in [0.1, 0.15) is 19.8 Å². The minimum Gasteiger partial charge on any atom is -0.457 e. The van der Waals surface area contributed by atoms with Crippen LogP contribution in [0.25, 0.3) is 0 Å². The molecule has 0 aliphatic carbocycles. The van der Waals surface area contributed by atoms with Crippen molar-refractivity contribution < 1.29 is 9.53 Å². The largest absolute Gasteiger partial charge is 0.457 e. The van der Waals surface area contributed by atoms with E-state index in [1.54, 1.807) is 12.1 Å². The Morgan fingerprint density at radius 2 is 2.31 bits per heavy atom. The first-order valence-electron chi connectivity index (χ1n) is 4.13.